The first kappa shape index (κ1) is 21.0. The molecule has 1 aromatic carbocycles. The molecule has 0 unspecified atom stereocenters. The van der Waals surface area contributed by atoms with Gasteiger partial charge in [0.05, 0.1) is 5.69 Å². The van der Waals surface area contributed by atoms with E-state index in [-0.39, 0.29) is 35.4 Å². The number of carbonyl (C=O) groups is 2. The summed E-state index contributed by atoms with van der Waals surface area (Å²) in [6.45, 7) is 7.13. The number of rotatable bonds is 6. The molecule has 7 nitrogen and oxygen atoms in total. The number of halogens is 1. The molecule has 2 aromatic rings. The van der Waals surface area contributed by atoms with E-state index in [4.69, 9.17) is 0 Å². The molecule has 156 valence electrons. The van der Waals surface area contributed by atoms with Crippen molar-refractivity contribution < 1.29 is 14.0 Å². The van der Waals surface area contributed by atoms with Gasteiger partial charge in [0.25, 0.3) is 5.91 Å². The van der Waals surface area contributed by atoms with Gasteiger partial charge in [0.1, 0.15) is 11.6 Å². The normalized spacial score (nSPS) is 15.0. The fraction of sp³-hybridized carbons (Fsp3) is 0.524. The summed E-state index contributed by atoms with van der Waals surface area (Å²) in [4.78, 5) is 31.2. The average Bonchev–Trinajstić information content (AvgIpc) is 3.12. The summed E-state index contributed by atoms with van der Waals surface area (Å²) in [5.74, 6) is 0.269. The molecular formula is C21H28FN5O2. The van der Waals surface area contributed by atoms with E-state index in [0.29, 0.717) is 24.6 Å². The van der Waals surface area contributed by atoms with Crippen LogP contribution in [0.25, 0.3) is 5.69 Å². The molecule has 2 heterocycles. The molecule has 2 amide bonds. The monoisotopic (exact) mass is 401 g/mol. The van der Waals surface area contributed by atoms with Crippen LogP contribution in [0.3, 0.4) is 0 Å². The molecule has 29 heavy (non-hydrogen) atoms. The van der Waals surface area contributed by atoms with Crippen LogP contribution in [0.1, 0.15) is 56.0 Å². The number of aromatic nitrogens is 3. The summed E-state index contributed by atoms with van der Waals surface area (Å²) < 4.78 is 14.6. The van der Waals surface area contributed by atoms with Gasteiger partial charge in [-0.3, -0.25) is 9.59 Å². The van der Waals surface area contributed by atoms with Crippen molar-refractivity contribution in [1.29, 1.82) is 0 Å². The van der Waals surface area contributed by atoms with Gasteiger partial charge >= 0.3 is 0 Å². The number of nitrogens with zero attached hydrogens (tertiary/aromatic N) is 4. The van der Waals surface area contributed by atoms with Gasteiger partial charge in [-0.05, 0) is 56.9 Å². The van der Waals surface area contributed by atoms with E-state index in [0.717, 1.165) is 25.7 Å². The van der Waals surface area contributed by atoms with Crippen molar-refractivity contribution in [2.45, 2.75) is 52.5 Å². The Kier molecular flexibility index (Phi) is 6.61. The predicted octanol–water partition coefficient (Wildman–Crippen LogP) is 2.87. The van der Waals surface area contributed by atoms with Crippen molar-refractivity contribution in [1.82, 2.24) is 25.0 Å². The SMILES string of the molecule is CCC(CC)C(=O)N1CCC(NC(=O)c2nc(C)n(-c3ccc(F)cc3)n2)CC1. The van der Waals surface area contributed by atoms with Crippen LogP contribution in [-0.2, 0) is 4.79 Å². The van der Waals surface area contributed by atoms with Crippen LogP contribution in [0.4, 0.5) is 4.39 Å². The predicted molar refractivity (Wildman–Crippen MR) is 107 cm³/mol. The smallest absolute Gasteiger partial charge is 0.291 e. The number of benzene rings is 1. The van der Waals surface area contributed by atoms with Crippen molar-refractivity contribution in [2.75, 3.05) is 13.1 Å². The van der Waals surface area contributed by atoms with Gasteiger partial charge in [-0.15, -0.1) is 5.10 Å². The van der Waals surface area contributed by atoms with Gasteiger partial charge in [0, 0.05) is 25.0 Å². The molecule has 0 atom stereocenters. The van der Waals surface area contributed by atoms with Crippen molar-refractivity contribution >= 4 is 11.8 Å². The van der Waals surface area contributed by atoms with Gasteiger partial charge in [-0.2, -0.15) is 0 Å². The molecule has 0 aliphatic carbocycles. The Morgan fingerprint density at radius 2 is 1.79 bits per heavy atom. The molecule has 0 saturated carbocycles. The molecule has 1 fully saturated rings. The molecule has 8 heteroatoms. The van der Waals surface area contributed by atoms with Gasteiger partial charge in [0.2, 0.25) is 11.7 Å². The number of likely N-dealkylation sites (tertiary alicyclic amines) is 1. The zero-order valence-corrected chi connectivity index (χ0v) is 17.2. The first-order chi connectivity index (χ1) is 13.9. The lowest BCUT2D eigenvalue weighted by molar-refractivity contribution is -0.136. The van der Waals surface area contributed by atoms with Gasteiger partial charge in [-0.1, -0.05) is 13.8 Å². The maximum absolute atomic E-state index is 13.1. The molecule has 0 radical (unpaired) electrons. The summed E-state index contributed by atoms with van der Waals surface area (Å²) in [5, 5.41) is 7.25. The number of piperidine rings is 1. The van der Waals surface area contributed by atoms with E-state index in [9.17, 15) is 14.0 Å². The highest BCUT2D eigenvalue weighted by molar-refractivity contribution is 5.90. The Morgan fingerprint density at radius 3 is 2.38 bits per heavy atom. The van der Waals surface area contributed by atoms with Crippen LogP contribution < -0.4 is 5.32 Å². The first-order valence-corrected chi connectivity index (χ1v) is 10.2. The molecule has 1 N–H and O–H groups in total. The first-order valence-electron chi connectivity index (χ1n) is 10.2. The molecule has 1 aliphatic heterocycles. The molecule has 0 bridgehead atoms. The maximum atomic E-state index is 13.1. The summed E-state index contributed by atoms with van der Waals surface area (Å²) >= 11 is 0. The number of hydrogen-bond donors (Lipinski definition) is 1. The summed E-state index contributed by atoms with van der Waals surface area (Å²) in [7, 11) is 0. The van der Waals surface area contributed by atoms with Crippen LogP contribution in [0.15, 0.2) is 24.3 Å². The second-order valence-corrected chi connectivity index (χ2v) is 7.46. The van der Waals surface area contributed by atoms with Gasteiger partial charge < -0.3 is 10.2 Å². The minimum absolute atomic E-state index is 0.00803. The Balaban J connectivity index is 1.58. The highest BCUT2D eigenvalue weighted by Gasteiger charge is 2.28. The number of hydrogen-bond acceptors (Lipinski definition) is 4. The van der Waals surface area contributed by atoms with Crippen LogP contribution in [0, 0.1) is 18.7 Å². The number of nitrogens with one attached hydrogen (secondary N) is 1. The van der Waals surface area contributed by atoms with Crippen LogP contribution in [-0.4, -0.2) is 50.6 Å². The van der Waals surface area contributed by atoms with E-state index in [2.05, 4.69) is 15.4 Å². The quantitative estimate of drug-likeness (QED) is 0.807. The standard InChI is InChI=1S/C21H28FN5O2/c1-4-15(5-2)21(29)26-12-10-17(11-13-26)24-20(28)19-23-14(3)27(25-19)18-8-6-16(22)7-9-18/h6-9,15,17H,4-5,10-13H2,1-3H3,(H,24,28). The average molecular weight is 401 g/mol. The number of aryl methyl sites for hydroxylation is 1. The minimum Gasteiger partial charge on any atom is -0.346 e. The summed E-state index contributed by atoms with van der Waals surface area (Å²) in [5.41, 5.74) is 0.642. The zero-order chi connectivity index (χ0) is 21.0. The Bertz CT molecular complexity index is 852. The fourth-order valence-electron chi connectivity index (χ4n) is 3.70. The van der Waals surface area contributed by atoms with Crippen LogP contribution in [0.2, 0.25) is 0 Å². The van der Waals surface area contributed by atoms with Crippen LogP contribution >= 0.6 is 0 Å². The molecule has 1 aliphatic rings. The molecule has 0 spiro atoms. The second kappa shape index (κ2) is 9.15. The Morgan fingerprint density at radius 1 is 1.17 bits per heavy atom. The third kappa shape index (κ3) is 4.81. The van der Waals surface area contributed by atoms with Crippen molar-refractivity contribution in [3.63, 3.8) is 0 Å². The third-order valence-electron chi connectivity index (χ3n) is 5.52. The molecule has 3 rings (SSSR count). The highest BCUT2D eigenvalue weighted by atomic mass is 19.1. The van der Waals surface area contributed by atoms with E-state index < -0.39 is 0 Å². The van der Waals surface area contributed by atoms with Crippen LogP contribution in [0.5, 0.6) is 0 Å². The zero-order valence-electron chi connectivity index (χ0n) is 17.2. The Labute approximate surface area is 170 Å². The van der Waals surface area contributed by atoms with Crippen molar-refractivity contribution in [3.05, 3.63) is 41.7 Å². The minimum atomic E-state index is -0.335. The molecule has 1 aromatic heterocycles. The molecule has 1 saturated heterocycles. The lowest BCUT2D eigenvalue weighted by atomic mass is 9.98. The lowest BCUT2D eigenvalue weighted by Crippen LogP contribution is -2.48. The summed E-state index contributed by atoms with van der Waals surface area (Å²) in [6.07, 6.45) is 3.14. The van der Waals surface area contributed by atoms with Gasteiger partial charge in [0.15, 0.2) is 0 Å². The van der Waals surface area contributed by atoms with E-state index in [1.165, 1.54) is 16.8 Å². The maximum Gasteiger partial charge on any atom is 0.291 e. The van der Waals surface area contributed by atoms with Gasteiger partial charge in [-0.25, -0.2) is 14.1 Å². The fourth-order valence-corrected chi connectivity index (χ4v) is 3.70. The lowest BCUT2D eigenvalue weighted by Gasteiger charge is -2.34. The summed E-state index contributed by atoms with van der Waals surface area (Å²) in [6, 6.07) is 5.85. The number of amides is 2. The van der Waals surface area contributed by atoms with E-state index in [1.54, 1.807) is 19.1 Å². The third-order valence-corrected chi connectivity index (χ3v) is 5.52. The van der Waals surface area contributed by atoms with E-state index in [1.807, 2.05) is 18.7 Å². The molecular weight excluding hydrogens is 373 g/mol. The topological polar surface area (TPSA) is 80.1 Å². The largest absolute Gasteiger partial charge is 0.346 e. The Hall–Kier alpha value is -2.77. The van der Waals surface area contributed by atoms with Crippen molar-refractivity contribution in [2.24, 2.45) is 5.92 Å². The second-order valence-electron chi connectivity index (χ2n) is 7.46. The highest BCUT2D eigenvalue weighted by Crippen LogP contribution is 2.18. The number of carbonyl (C=O) groups excluding carboxylic acids is 2. The van der Waals surface area contributed by atoms with Crippen molar-refractivity contribution in [3.8, 4) is 5.69 Å². The van der Waals surface area contributed by atoms with E-state index >= 15 is 0 Å².